The van der Waals surface area contributed by atoms with E-state index in [2.05, 4.69) is 20.8 Å². The van der Waals surface area contributed by atoms with Crippen molar-refractivity contribution in [1.82, 2.24) is 0 Å². The smallest absolute Gasteiger partial charge is 0.0920 e. The van der Waals surface area contributed by atoms with Gasteiger partial charge in [0.2, 0.25) is 0 Å². The van der Waals surface area contributed by atoms with E-state index in [0.29, 0.717) is 0 Å². The maximum atomic E-state index is 2.50. The Balaban J connectivity index is 2.22. The Morgan fingerprint density at radius 3 is 2.27 bits per heavy atom. The first-order chi connectivity index (χ1) is 7.24. The van der Waals surface area contributed by atoms with Gasteiger partial charge in [-0.15, -0.1) is 0 Å². The minimum Gasteiger partial charge on any atom is -0.319 e. The first kappa shape index (κ1) is 11.4. The Kier molecular flexibility index (Phi) is 3.39. The molecule has 1 saturated carbocycles. The highest BCUT2D eigenvalue weighted by Gasteiger charge is 2.47. The average molecular weight is 210 g/mol. The largest absolute Gasteiger partial charge is 0.319 e. The van der Waals surface area contributed by atoms with E-state index in [1.165, 1.54) is 56.1 Å². The normalized spacial score (nSPS) is 39.8. The SMILES string of the molecule is CC[N+]1(CC)[C@H](C)CC[C@@H]2CCCC[C@H]21. The lowest BCUT2D eigenvalue weighted by atomic mass is 9.74. The molecule has 1 heteroatoms. The standard InChI is InChI=1S/C14H28N/c1-4-15(5-2)12(3)10-11-13-8-6-7-9-14(13)15/h12-14H,4-11H2,1-3H3/q+1/t12-,13+,14-/m1/s1. The van der Waals surface area contributed by atoms with E-state index in [9.17, 15) is 0 Å². The fourth-order valence-corrected chi connectivity index (χ4v) is 4.56. The lowest BCUT2D eigenvalue weighted by molar-refractivity contribution is -0.978. The Morgan fingerprint density at radius 1 is 0.933 bits per heavy atom. The van der Waals surface area contributed by atoms with Crippen LogP contribution < -0.4 is 0 Å². The molecule has 0 unspecified atom stereocenters. The quantitative estimate of drug-likeness (QED) is 0.611. The summed E-state index contributed by atoms with van der Waals surface area (Å²) < 4.78 is 1.44. The third kappa shape index (κ3) is 1.73. The van der Waals surface area contributed by atoms with Crippen molar-refractivity contribution in [2.75, 3.05) is 13.1 Å². The molecule has 3 atom stereocenters. The fourth-order valence-electron chi connectivity index (χ4n) is 4.56. The van der Waals surface area contributed by atoms with Crippen LogP contribution in [-0.2, 0) is 0 Å². The van der Waals surface area contributed by atoms with Gasteiger partial charge in [-0.25, -0.2) is 0 Å². The van der Waals surface area contributed by atoms with E-state index in [4.69, 9.17) is 0 Å². The zero-order valence-corrected chi connectivity index (χ0v) is 10.8. The van der Waals surface area contributed by atoms with Crippen LogP contribution in [0, 0.1) is 5.92 Å². The Hall–Kier alpha value is -0.0400. The van der Waals surface area contributed by atoms with E-state index < -0.39 is 0 Å². The molecule has 0 aromatic carbocycles. The summed E-state index contributed by atoms with van der Waals surface area (Å²) in [6, 6.07) is 1.93. The van der Waals surface area contributed by atoms with Gasteiger partial charge >= 0.3 is 0 Å². The molecule has 0 aromatic heterocycles. The summed E-state index contributed by atoms with van der Waals surface area (Å²) in [5.41, 5.74) is 0. The van der Waals surface area contributed by atoms with Crippen LogP contribution in [0.2, 0.25) is 0 Å². The number of fused-ring (bicyclic) bond motifs is 1. The number of rotatable bonds is 2. The van der Waals surface area contributed by atoms with E-state index in [-0.39, 0.29) is 0 Å². The molecule has 0 N–H and O–H groups in total. The number of likely N-dealkylation sites (tertiary alicyclic amines) is 1. The summed E-state index contributed by atoms with van der Waals surface area (Å²) >= 11 is 0. The van der Waals surface area contributed by atoms with Gasteiger partial charge in [0, 0.05) is 5.92 Å². The van der Waals surface area contributed by atoms with Crippen molar-refractivity contribution in [2.24, 2.45) is 5.92 Å². The van der Waals surface area contributed by atoms with Gasteiger partial charge in [-0.05, 0) is 52.9 Å². The highest BCUT2D eigenvalue weighted by atomic mass is 15.4. The van der Waals surface area contributed by atoms with E-state index in [0.717, 1.165) is 18.0 Å². The van der Waals surface area contributed by atoms with Gasteiger partial charge in [-0.1, -0.05) is 6.42 Å². The molecule has 2 fully saturated rings. The van der Waals surface area contributed by atoms with Gasteiger partial charge in [0.25, 0.3) is 0 Å². The minimum atomic E-state index is 0.916. The molecule has 1 nitrogen and oxygen atoms in total. The molecule has 1 aliphatic carbocycles. The van der Waals surface area contributed by atoms with Crippen molar-refractivity contribution in [3.63, 3.8) is 0 Å². The summed E-state index contributed by atoms with van der Waals surface area (Å²) in [5.74, 6) is 1.06. The number of quaternary nitrogens is 1. The molecule has 2 rings (SSSR count). The van der Waals surface area contributed by atoms with Crippen molar-refractivity contribution >= 4 is 0 Å². The molecule has 2 aliphatic rings. The topological polar surface area (TPSA) is 0 Å². The number of hydrogen-bond donors (Lipinski definition) is 0. The van der Waals surface area contributed by atoms with Crippen molar-refractivity contribution in [1.29, 1.82) is 0 Å². The van der Waals surface area contributed by atoms with Gasteiger partial charge < -0.3 is 4.48 Å². The molecule has 1 saturated heterocycles. The lowest BCUT2D eigenvalue weighted by Crippen LogP contribution is -2.65. The first-order valence-electron chi connectivity index (χ1n) is 7.11. The summed E-state index contributed by atoms with van der Waals surface area (Å²) in [7, 11) is 0. The second-order valence-corrected chi connectivity index (χ2v) is 5.77. The first-order valence-corrected chi connectivity index (χ1v) is 7.11. The van der Waals surface area contributed by atoms with E-state index in [1.807, 2.05) is 0 Å². The number of piperidine rings is 1. The lowest BCUT2D eigenvalue weighted by Gasteiger charge is -2.55. The summed E-state index contributed by atoms with van der Waals surface area (Å²) in [6.07, 6.45) is 9.03. The molecule has 0 bridgehead atoms. The van der Waals surface area contributed by atoms with Crippen LogP contribution in [-0.4, -0.2) is 29.7 Å². The fraction of sp³-hybridized carbons (Fsp3) is 1.00. The van der Waals surface area contributed by atoms with E-state index in [1.54, 1.807) is 0 Å². The molecular weight excluding hydrogens is 182 g/mol. The maximum Gasteiger partial charge on any atom is 0.0920 e. The van der Waals surface area contributed by atoms with Gasteiger partial charge in [0.15, 0.2) is 0 Å². The van der Waals surface area contributed by atoms with Gasteiger partial charge in [0.1, 0.15) is 0 Å². The molecule has 15 heavy (non-hydrogen) atoms. The zero-order chi connectivity index (χ0) is 10.9. The van der Waals surface area contributed by atoms with Gasteiger partial charge in [-0.2, -0.15) is 0 Å². The number of hydrogen-bond acceptors (Lipinski definition) is 0. The van der Waals surface area contributed by atoms with Crippen LogP contribution in [0.1, 0.15) is 59.3 Å². The monoisotopic (exact) mass is 210 g/mol. The summed E-state index contributed by atoms with van der Waals surface area (Å²) in [4.78, 5) is 0. The van der Waals surface area contributed by atoms with Gasteiger partial charge in [-0.3, -0.25) is 0 Å². The highest BCUT2D eigenvalue weighted by Crippen LogP contribution is 2.42. The van der Waals surface area contributed by atoms with Crippen LogP contribution in [0.5, 0.6) is 0 Å². The molecule has 0 radical (unpaired) electrons. The average Bonchev–Trinajstić information content (AvgIpc) is 2.30. The van der Waals surface area contributed by atoms with Crippen LogP contribution >= 0.6 is 0 Å². The highest BCUT2D eigenvalue weighted by molar-refractivity contribution is 4.82. The van der Waals surface area contributed by atoms with Crippen LogP contribution in [0.3, 0.4) is 0 Å². The molecular formula is C14H28N+. The second kappa shape index (κ2) is 4.45. The molecule has 0 amide bonds. The molecule has 88 valence electrons. The zero-order valence-electron chi connectivity index (χ0n) is 10.8. The van der Waals surface area contributed by atoms with Crippen molar-refractivity contribution in [2.45, 2.75) is 71.4 Å². The predicted molar refractivity (Wildman–Crippen MR) is 65.8 cm³/mol. The van der Waals surface area contributed by atoms with Crippen molar-refractivity contribution in [3.8, 4) is 0 Å². The van der Waals surface area contributed by atoms with Crippen LogP contribution in [0.15, 0.2) is 0 Å². The summed E-state index contributed by atoms with van der Waals surface area (Å²) in [6.45, 7) is 10.0. The van der Waals surface area contributed by atoms with Gasteiger partial charge in [0.05, 0.1) is 25.2 Å². The molecule has 1 aliphatic heterocycles. The third-order valence-corrected chi connectivity index (χ3v) is 5.54. The second-order valence-electron chi connectivity index (χ2n) is 5.77. The summed E-state index contributed by atoms with van der Waals surface area (Å²) in [5, 5.41) is 0. The predicted octanol–water partition coefficient (Wildman–Crippen LogP) is 3.58. The maximum absolute atomic E-state index is 2.50. The molecule has 0 spiro atoms. The Morgan fingerprint density at radius 2 is 1.60 bits per heavy atom. The van der Waals surface area contributed by atoms with E-state index >= 15 is 0 Å². The molecule has 0 aromatic rings. The van der Waals surface area contributed by atoms with Crippen molar-refractivity contribution in [3.05, 3.63) is 0 Å². The minimum absolute atomic E-state index is 0.916. The third-order valence-electron chi connectivity index (χ3n) is 5.54. The Labute approximate surface area is 95.4 Å². The molecule has 1 heterocycles. The number of nitrogens with zero attached hydrogens (tertiary/aromatic N) is 1. The van der Waals surface area contributed by atoms with Crippen LogP contribution in [0.25, 0.3) is 0 Å². The van der Waals surface area contributed by atoms with Crippen molar-refractivity contribution < 1.29 is 4.48 Å². The Bertz CT molecular complexity index is 207. The van der Waals surface area contributed by atoms with Crippen LogP contribution in [0.4, 0.5) is 0 Å².